The second kappa shape index (κ2) is 18.8. The summed E-state index contributed by atoms with van der Waals surface area (Å²) in [6.07, 6.45) is 25.5. The number of ether oxygens (including phenoxy) is 1. The molecule has 1 heteroatoms. The van der Waals surface area contributed by atoms with Crippen molar-refractivity contribution in [2.24, 2.45) is 0 Å². The van der Waals surface area contributed by atoms with Gasteiger partial charge >= 0.3 is 0 Å². The van der Waals surface area contributed by atoms with Crippen LogP contribution in [0.4, 0.5) is 0 Å². The number of unbranched alkanes of at least 4 members (excludes halogenated alkanes) is 16. The van der Waals surface area contributed by atoms with Crippen LogP contribution in [0.25, 0.3) is 0 Å². The van der Waals surface area contributed by atoms with Crippen LogP contribution in [0.15, 0.2) is 54.6 Å². The number of rotatable bonds is 20. The van der Waals surface area contributed by atoms with Gasteiger partial charge in [0, 0.05) is 0 Å². The van der Waals surface area contributed by atoms with Crippen molar-refractivity contribution in [1.82, 2.24) is 0 Å². The molecule has 0 amide bonds. The predicted octanol–water partition coefficient (Wildman–Crippen LogP) is 10.7. The number of benzene rings is 2. The topological polar surface area (TPSA) is 9.23 Å². The van der Waals surface area contributed by atoms with Crippen molar-refractivity contribution in [3.8, 4) is 11.5 Å². The second-order valence-corrected chi connectivity index (χ2v) is 9.47. The fourth-order valence-corrected chi connectivity index (χ4v) is 4.40. The molecule has 0 unspecified atom stereocenters. The Bertz CT molecular complexity index is 646. The average Bonchev–Trinajstić information content (AvgIpc) is 2.83. The van der Waals surface area contributed by atoms with Crippen molar-refractivity contribution in [1.29, 1.82) is 0 Å². The molecule has 0 bridgehead atoms. The summed E-state index contributed by atoms with van der Waals surface area (Å²) in [5.41, 5.74) is 1.42. The summed E-state index contributed by atoms with van der Waals surface area (Å²) in [6.45, 7) is 2.30. The van der Waals surface area contributed by atoms with Gasteiger partial charge in [-0.15, -0.1) is 0 Å². The van der Waals surface area contributed by atoms with E-state index in [-0.39, 0.29) is 0 Å². The van der Waals surface area contributed by atoms with Crippen LogP contribution in [0, 0.1) is 0 Å². The molecule has 0 spiro atoms. The first kappa shape index (κ1) is 26.5. The van der Waals surface area contributed by atoms with E-state index in [1.165, 1.54) is 121 Å². The van der Waals surface area contributed by atoms with Gasteiger partial charge in [-0.1, -0.05) is 140 Å². The minimum atomic E-state index is 0.897. The molecule has 0 N–H and O–H groups in total. The highest BCUT2D eigenvalue weighted by atomic mass is 16.5. The van der Waals surface area contributed by atoms with Crippen molar-refractivity contribution in [3.63, 3.8) is 0 Å². The molecule has 32 heavy (non-hydrogen) atoms. The Morgan fingerprint density at radius 1 is 0.438 bits per heavy atom. The van der Waals surface area contributed by atoms with Gasteiger partial charge in [-0.3, -0.25) is 0 Å². The third-order valence-electron chi connectivity index (χ3n) is 6.47. The molecule has 0 atom stereocenters. The molecule has 2 aromatic carbocycles. The predicted molar refractivity (Wildman–Crippen MR) is 141 cm³/mol. The molecule has 0 aliphatic heterocycles. The Morgan fingerprint density at radius 3 is 1.31 bits per heavy atom. The normalized spacial score (nSPS) is 11.0. The fourth-order valence-electron chi connectivity index (χ4n) is 4.40. The van der Waals surface area contributed by atoms with Gasteiger partial charge in [0.1, 0.15) is 11.5 Å². The highest BCUT2D eigenvalue weighted by Crippen LogP contribution is 2.22. The van der Waals surface area contributed by atoms with E-state index >= 15 is 0 Å². The van der Waals surface area contributed by atoms with Crippen LogP contribution in [-0.2, 0) is 6.42 Å². The lowest BCUT2D eigenvalue weighted by Gasteiger charge is -2.07. The molecule has 0 aliphatic carbocycles. The quantitative estimate of drug-likeness (QED) is 0.187. The molecule has 0 saturated heterocycles. The zero-order valence-corrected chi connectivity index (χ0v) is 20.8. The van der Waals surface area contributed by atoms with Crippen LogP contribution in [0.1, 0.15) is 122 Å². The molecule has 0 saturated carbocycles. The zero-order chi connectivity index (χ0) is 22.5. The summed E-state index contributed by atoms with van der Waals surface area (Å²) in [5, 5.41) is 0. The van der Waals surface area contributed by atoms with Crippen LogP contribution in [-0.4, -0.2) is 0 Å². The Kier molecular flexibility index (Phi) is 15.5. The molecule has 2 aromatic rings. The zero-order valence-electron chi connectivity index (χ0n) is 20.8. The summed E-state index contributed by atoms with van der Waals surface area (Å²) < 4.78 is 5.87. The molecular formula is C31H48O. The van der Waals surface area contributed by atoms with Crippen molar-refractivity contribution in [2.45, 2.75) is 122 Å². The lowest BCUT2D eigenvalue weighted by molar-refractivity contribution is 0.482. The van der Waals surface area contributed by atoms with Crippen LogP contribution < -0.4 is 4.74 Å². The van der Waals surface area contributed by atoms with E-state index in [1.807, 2.05) is 30.3 Å². The molecule has 0 aromatic heterocycles. The van der Waals surface area contributed by atoms with Crippen LogP contribution >= 0.6 is 0 Å². The third-order valence-corrected chi connectivity index (χ3v) is 6.47. The molecule has 1 nitrogen and oxygen atoms in total. The van der Waals surface area contributed by atoms with Crippen LogP contribution in [0.2, 0.25) is 0 Å². The third kappa shape index (κ3) is 13.6. The van der Waals surface area contributed by atoms with Crippen molar-refractivity contribution in [3.05, 3.63) is 60.2 Å². The van der Waals surface area contributed by atoms with Gasteiger partial charge in [-0.05, 0) is 42.7 Å². The minimum absolute atomic E-state index is 0.897. The van der Waals surface area contributed by atoms with Crippen molar-refractivity contribution in [2.75, 3.05) is 0 Å². The van der Waals surface area contributed by atoms with Crippen LogP contribution in [0.3, 0.4) is 0 Å². The lowest BCUT2D eigenvalue weighted by atomic mass is 10.0. The Morgan fingerprint density at radius 2 is 0.844 bits per heavy atom. The molecule has 0 heterocycles. The molecule has 0 fully saturated rings. The summed E-state index contributed by atoms with van der Waals surface area (Å²) in [4.78, 5) is 0. The Hall–Kier alpha value is -1.76. The molecule has 0 aliphatic rings. The molecule has 2 rings (SSSR count). The molecule has 0 radical (unpaired) electrons. The van der Waals surface area contributed by atoms with E-state index in [0.717, 1.165) is 11.5 Å². The number of aryl methyl sites for hydroxylation is 1. The Labute approximate surface area is 199 Å². The first-order chi connectivity index (χ1) is 15.9. The highest BCUT2D eigenvalue weighted by molar-refractivity contribution is 5.32. The molecule has 178 valence electrons. The van der Waals surface area contributed by atoms with Crippen molar-refractivity contribution < 1.29 is 4.74 Å². The van der Waals surface area contributed by atoms with Gasteiger partial charge in [0.05, 0.1) is 0 Å². The van der Waals surface area contributed by atoms with E-state index < -0.39 is 0 Å². The van der Waals surface area contributed by atoms with Gasteiger partial charge in [0.25, 0.3) is 0 Å². The maximum Gasteiger partial charge on any atom is 0.127 e. The first-order valence-corrected chi connectivity index (χ1v) is 13.7. The first-order valence-electron chi connectivity index (χ1n) is 13.7. The highest BCUT2D eigenvalue weighted by Gasteiger charge is 1.99. The summed E-state index contributed by atoms with van der Waals surface area (Å²) in [7, 11) is 0. The summed E-state index contributed by atoms with van der Waals surface area (Å²) in [6, 6.07) is 18.6. The minimum Gasteiger partial charge on any atom is -0.457 e. The number of para-hydroxylation sites is 1. The van der Waals surface area contributed by atoms with Gasteiger partial charge in [-0.25, -0.2) is 0 Å². The maximum atomic E-state index is 5.87. The van der Waals surface area contributed by atoms with Crippen molar-refractivity contribution >= 4 is 0 Å². The summed E-state index contributed by atoms with van der Waals surface area (Å²) >= 11 is 0. The van der Waals surface area contributed by atoms with E-state index in [2.05, 4.69) is 31.2 Å². The second-order valence-electron chi connectivity index (χ2n) is 9.47. The SMILES string of the molecule is CCCCCCCCCCCCCCCCCCCc1ccc(Oc2ccccc2)cc1. The Balaban J connectivity index is 1.34. The smallest absolute Gasteiger partial charge is 0.127 e. The van der Waals surface area contributed by atoms with Gasteiger partial charge in [0.2, 0.25) is 0 Å². The number of hydrogen-bond acceptors (Lipinski definition) is 1. The van der Waals surface area contributed by atoms with Gasteiger partial charge < -0.3 is 4.74 Å². The van der Waals surface area contributed by atoms with E-state index in [9.17, 15) is 0 Å². The largest absolute Gasteiger partial charge is 0.457 e. The standard InChI is InChI=1S/C31H48O/c1-2-3-4-5-6-7-8-9-10-11-12-13-14-15-16-17-19-22-29-25-27-31(28-26-29)32-30-23-20-18-21-24-30/h18,20-21,23-28H,2-17,19,22H2,1H3. The maximum absolute atomic E-state index is 5.87. The monoisotopic (exact) mass is 436 g/mol. The summed E-state index contributed by atoms with van der Waals surface area (Å²) in [5.74, 6) is 1.82. The van der Waals surface area contributed by atoms with E-state index in [1.54, 1.807) is 0 Å². The number of hydrogen-bond donors (Lipinski definition) is 0. The van der Waals surface area contributed by atoms with Gasteiger partial charge in [0.15, 0.2) is 0 Å². The average molecular weight is 437 g/mol. The van der Waals surface area contributed by atoms with E-state index in [0.29, 0.717) is 0 Å². The molecular weight excluding hydrogens is 388 g/mol. The lowest BCUT2D eigenvalue weighted by Crippen LogP contribution is -1.88. The van der Waals surface area contributed by atoms with Crippen LogP contribution in [0.5, 0.6) is 11.5 Å². The van der Waals surface area contributed by atoms with E-state index in [4.69, 9.17) is 4.74 Å². The van der Waals surface area contributed by atoms with Gasteiger partial charge in [-0.2, -0.15) is 0 Å². The fraction of sp³-hybridized carbons (Fsp3) is 0.613.